The Balaban J connectivity index is 1.41. The second kappa shape index (κ2) is 13.8. The van der Waals surface area contributed by atoms with Gasteiger partial charge in [0.05, 0.1) is 17.7 Å². The molecular weight excluding hydrogens is 572 g/mol. The molecule has 1 aliphatic rings. The van der Waals surface area contributed by atoms with E-state index in [0.29, 0.717) is 17.3 Å². The lowest BCUT2D eigenvalue weighted by Gasteiger charge is -2.34. The molecule has 0 radical (unpaired) electrons. The molecule has 3 N–H and O–H groups in total. The first-order valence-corrected chi connectivity index (χ1v) is 15.5. The van der Waals surface area contributed by atoms with Crippen molar-refractivity contribution in [1.82, 2.24) is 20.0 Å². The number of hydrogen-bond acceptors (Lipinski definition) is 10. The first-order chi connectivity index (χ1) is 20.4. The van der Waals surface area contributed by atoms with Crippen LogP contribution in [0.15, 0.2) is 71.9 Å². The molecule has 0 spiro atoms. The Kier molecular flexibility index (Phi) is 10.2. The third-order valence-electron chi connectivity index (χ3n) is 6.69. The van der Waals surface area contributed by atoms with Gasteiger partial charge < -0.3 is 25.0 Å². The minimum absolute atomic E-state index is 0.0107. The number of sulfonamides is 1. The van der Waals surface area contributed by atoms with E-state index in [-0.39, 0.29) is 17.5 Å². The molecular formula is C30H38N6O6S. The summed E-state index contributed by atoms with van der Waals surface area (Å²) >= 11 is 0. The second-order valence-electron chi connectivity index (χ2n) is 11.1. The van der Waals surface area contributed by atoms with Crippen molar-refractivity contribution in [2.24, 2.45) is 0 Å². The second-order valence-corrected chi connectivity index (χ2v) is 12.8. The number of rotatable bonds is 11. The van der Waals surface area contributed by atoms with Crippen LogP contribution >= 0.6 is 0 Å². The smallest absolute Gasteiger partial charge is 0.326 e. The number of anilines is 2. The van der Waals surface area contributed by atoms with Crippen LogP contribution in [0.2, 0.25) is 0 Å². The number of nitrogens with one attached hydrogen (secondary N) is 3. The molecule has 0 saturated carbocycles. The number of benzene rings is 2. The zero-order valence-corrected chi connectivity index (χ0v) is 25.6. The molecule has 1 aromatic heterocycles. The summed E-state index contributed by atoms with van der Waals surface area (Å²) in [6.45, 7) is 6.25. The number of nitrogens with zero attached hydrogens (tertiary/aromatic N) is 3. The van der Waals surface area contributed by atoms with Crippen molar-refractivity contribution in [3.8, 4) is 5.75 Å². The van der Waals surface area contributed by atoms with E-state index in [2.05, 4.69) is 30.2 Å². The van der Waals surface area contributed by atoms with Crippen LogP contribution in [0.5, 0.6) is 5.75 Å². The van der Waals surface area contributed by atoms with Gasteiger partial charge in [-0.3, -0.25) is 9.59 Å². The van der Waals surface area contributed by atoms with E-state index in [9.17, 15) is 18.0 Å². The van der Waals surface area contributed by atoms with E-state index >= 15 is 0 Å². The quantitative estimate of drug-likeness (QED) is 0.276. The highest BCUT2D eigenvalue weighted by Gasteiger charge is 2.31. The third-order valence-corrected chi connectivity index (χ3v) is 8.17. The number of ether oxygens (including phenoxy) is 2. The molecule has 1 amide bonds. The summed E-state index contributed by atoms with van der Waals surface area (Å²) in [7, 11) is -2.52. The van der Waals surface area contributed by atoms with Gasteiger partial charge in [0.15, 0.2) is 0 Å². The first kappa shape index (κ1) is 31.7. The predicted octanol–water partition coefficient (Wildman–Crippen LogP) is 2.98. The number of hydrogen-bond donors (Lipinski definition) is 3. The Morgan fingerprint density at radius 3 is 2.33 bits per heavy atom. The lowest BCUT2D eigenvalue weighted by Crippen LogP contribution is -2.50. The number of carbonyl (C=O) groups is 2. The molecule has 3 aromatic rings. The average molecular weight is 611 g/mol. The highest BCUT2D eigenvalue weighted by Crippen LogP contribution is 2.32. The molecule has 1 aliphatic heterocycles. The van der Waals surface area contributed by atoms with Crippen molar-refractivity contribution >= 4 is 33.5 Å². The van der Waals surface area contributed by atoms with Gasteiger partial charge in [-0.05, 0) is 70.0 Å². The molecule has 43 heavy (non-hydrogen) atoms. The van der Waals surface area contributed by atoms with Gasteiger partial charge in [0.2, 0.25) is 16.0 Å². The molecule has 230 valence electrons. The number of esters is 1. The molecule has 13 heteroatoms. The fraction of sp³-hybridized carbons (Fsp3) is 0.400. The van der Waals surface area contributed by atoms with E-state index in [0.717, 1.165) is 31.6 Å². The molecule has 0 aliphatic carbocycles. The minimum atomic E-state index is -4.06. The number of amides is 1. The van der Waals surface area contributed by atoms with Crippen LogP contribution in [0.1, 0.15) is 44.0 Å². The number of methoxy groups -OCH3 is 1. The minimum Gasteiger partial charge on any atom is -0.495 e. The normalized spacial score (nSPS) is 14.9. The number of piperidine rings is 1. The van der Waals surface area contributed by atoms with Crippen molar-refractivity contribution < 1.29 is 27.5 Å². The van der Waals surface area contributed by atoms with Crippen LogP contribution in [0, 0.1) is 0 Å². The molecule has 1 fully saturated rings. The van der Waals surface area contributed by atoms with E-state index in [1.165, 1.54) is 12.1 Å². The Hall–Kier alpha value is -4.23. The fourth-order valence-corrected chi connectivity index (χ4v) is 5.80. The van der Waals surface area contributed by atoms with E-state index in [1.54, 1.807) is 76.7 Å². The van der Waals surface area contributed by atoms with Gasteiger partial charge in [0, 0.05) is 43.6 Å². The fourth-order valence-electron chi connectivity index (χ4n) is 4.60. The summed E-state index contributed by atoms with van der Waals surface area (Å²) in [4.78, 5) is 36.7. The highest BCUT2D eigenvalue weighted by molar-refractivity contribution is 7.89. The topological polar surface area (TPSA) is 152 Å². The van der Waals surface area contributed by atoms with Crippen molar-refractivity contribution in [1.29, 1.82) is 0 Å². The third kappa shape index (κ3) is 8.88. The maximum absolute atomic E-state index is 13.1. The summed E-state index contributed by atoms with van der Waals surface area (Å²) in [5.74, 6) is -0.172. The van der Waals surface area contributed by atoms with Crippen LogP contribution < -0.4 is 25.0 Å². The van der Waals surface area contributed by atoms with Crippen molar-refractivity contribution in [3.63, 3.8) is 0 Å². The number of aromatic nitrogens is 2. The van der Waals surface area contributed by atoms with Gasteiger partial charge in [0.25, 0.3) is 5.91 Å². The predicted molar refractivity (Wildman–Crippen MR) is 163 cm³/mol. The molecule has 2 aromatic carbocycles. The zero-order chi connectivity index (χ0) is 31.0. The first-order valence-electron chi connectivity index (χ1n) is 14.0. The molecule has 1 saturated heterocycles. The summed E-state index contributed by atoms with van der Waals surface area (Å²) in [5.41, 5.74) is 0.295. The van der Waals surface area contributed by atoms with Crippen LogP contribution in [-0.4, -0.2) is 74.7 Å². The van der Waals surface area contributed by atoms with E-state index in [1.807, 2.05) is 6.07 Å². The van der Waals surface area contributed by atoms with Crippen LogP contribution in [0.4, 0.5) is 11.6 Å². The van der Waals surface area contributed by atoms with Gasteiger partial charge in [0.1, 0.15) is 17.4 Å². The average Bonchev–Trinajstić information content (AvgIpc) is 2.99. The van der Waals surface area contributed by atoms with Gasteiger partial charge in [-0.1, -0.05) is 18.2 Å². The van der Waals surface area contributed by atoms with Gasteiger partial charge in [-0.25, -0.2) is 18.4 Å². The monoisotopic (exact) mass is 610 g/mol. The van der Waals surface area contributed by atoms with Gasteiger partial charge in [-0.2, -0.15) is 4.72 Å². The Morgan fingerprint density at radius 1 is 1.02 bits per heavy atom. The molecule has 2 heterocycles. The Morgan fingerprint density at radius 2 is 1.70 bits per heavy atom. The molecule has 12 nitrogen and oxygen atoms in total. The maximum Gasteiger partial charge on any atom is 0.326 e. The lowest BCUT2D eigenvalue weighted by molar-refractivity contribution is -0.156. The Labute approximate surface area is 252 Å². The van der Waals surface area contributed by atoms with Crippen LogP contribution in [0.3, 0.4) is 0 Å². The SMILES string of the molecule is COc1cc(C(=O)NC[C@H](NS(=O)(=O)c2ccccc2)C(=O)OC(C)(C)C)ccc1N1CCC(Nc2ncccn2)CC1. The summed E-state index contributed by atoms with van der Waals surface area (Å²) < 4.78 is 39.3. The van der Waals surface area contributed by atoms with E-state index < -0.39 is 33.5 Å². The van der Waals surface area contributed by atoms with Crippen molar-refractivity contribution in [3.05, 3.63) is 72.6 Å². The van der Waals surface area contributed by atoms with E-state index in [4.69, 9.17) is 9.47 Å². The molecule has 1 atom stereocenters. The maximum atomic E-state index is 13.1. The Bertz CT molecular complexity index is 1490. The molecule has 4 rings (SSSR count). The molecule has 0 unspecified atom stereocenters. The van der Waals surface area contributed by atoms with Gasteiger partial charge in [-0.15, -0.1) is 0 Å². The van der Waals surface area contributed by atoms with Crippen molar-refractivity contribution in [2.45, 2.75) is 56.2 Å². The van der Waals surface area contributed by atoms with Crippen molar-refractivity contribution in [2.75, 3.05) is 37.0 Å². The lowest BCUT2D eigenvalue weighted by atomic mass is 10.0. The van der Waals surface area contributed by atoms with Gasteiger partial charge >= 0.3 is 5.97 Å². The summed E-state index contributed by atoms with van der Waals surface area (Å²) in [6.07, 6.45) is 5.14. The standard InChI is InChI=1S/C30H38N6O6S/c1-30(2,3)42-28(38)24(35-43(39,40)23-9-6-5-7-10-23)20-33-27(37)21-11-12-25(26(19-21)41-4)36-17-13-22(14-18-36)34-29-31-15-8-16-32-29/h5-12,15-16,19,22,24,35H,13-14,17-18,20H2,1-4H3,(H,33,37)(H,31,32,34)/t24-/m0/s1. The van der Waals surface area contributed by atoms with Crippen LogP contribution in [0.25, 0.3) is 0 Å². The number of carbonyl (C=O) groups excluding carboxylic acids is 2. The largest absolute Gasteiger partial charge is 0.495 e. The zero-order valence-electron chi connectivity index (χ0n) is 24.7. The molecule has 0 bridgehead atoms. The summed E-state index contributed by atoms with van der Waals surface area (Å²) in [5, 5.41) is 6.03. The summed E-state index contributed by atoms with van der Waals surface area (Å²) in [6, 6.07) is 13.5. The highest BCUT2D eigenvalue weighted by atomic mass is 32.2. The van der Waals surface area contributed by atoms with Crippen LogP contribution in [-0.2, 0) is 19.6 Å².